The Morgan fingerprint density at radius 1 is 1.21 bits per heavy atom. The number of carbonyl (C=O) groups excluding carboxylic acids is 1. The molecule has 4 rings (SSSR count). The molecule has 0 aromatic carbocycles. The van der Waals surface area contributed by atoms with Gasteiger partial charge >= 0.3 is 17.7 Å². The summed E-state index contributed by atoms with van der Waals surface area (Å²) in [5.74, 6) is 0.629. The van der Waals surface area contributed by atoms with Crippen LogP contribution in [-0.2, 0) is 11.2 Å². The van der Waals surface area contributed by atoms with Crippen molar-refractivity contribution in [2.45, 2.75) is 83.6 Å². The molecule has 184 valence electrons. The Morgan fingerprint density at radius 3 is 2.71 bits per heavy atom. The Kier molecular flexibility index (Phi) is 7.97. The summed E-state index contributed by atoms with van der Waals surface area (Å²) in [7, 11) is 0. The first kappa shape index (κ1) is 24.0. The maximum Gasteiger partial charge on any atom is 0.407 e. The zero-order valence-electron chi connectivity index (χ0n) is 19.6. The monoisotopic (exact) mass is 472 g/mol. The molecule has 1 amide bonds. The van der Waals surface area contributed by atoms with Crippen LogP contribution >= 0.6 is 0 Å². The first-order valence-corrected chi connectivity index (χ1v) is 12.2. The van der Waals surface area contributed by atoms with Gasteiger partial charge in [0.15, 0.2) is 0 Å². The topological polar surface area (TPSA) is 136 Å². The highest BCUT2D eigenvalue weighted by atomic mass is 16.6. The van der Waals surface area contributed by atoms with Crippen LogP contribution in [0.4, 0.5) is 4.79 Å². The number of aromatic nitrogens is 2. The van der Waals surface area contributed by atoms with Crippen LogP contribution in [0.3, 0.4) is 0 Å². The summed E-state index contributed by atoms with van der Waals surface area (Å²) < 4.78 is 10.1. The van der Waals surface area contributed by atoms with Crippen molar-refractivity contribution in [2.24, 2.45) is 11.1 Å². The number of ether oxygens (including phenoxy) is 1. The van der Waals surface area contributed by atoms with Gasteiger partial charge in [-0.05, 0) is 56.9 Å². The van der Waals surface area contributed by atoms with E-state index in [0.717, 1.165) is 12.1 Å². The van der Waals surface area contributed by atoms with E-state index >= 15 is 0 Å². The number of alkyl carbamates (subject to hydrolysis) is 1. The van der Waals surface area contributed by atoms with Gasteiger partial charge in [0.05, 0.1) is 12.3 Å². The van der Waals surface area contributed by atoms with E-state index < -0.39 is 17.3 Å². The Labute approximate surface area is 197 Å². The van der Waals surface area contributed by atoms with Crippen molar-refractivity contribution in [3.05, 3.63) is 32.4 Å². The van der Waals surface area contributed by atoms with E-state index in [9.17, 15) is 14.4 Å². The molecule has 0 bridgehead atoms. The molecular weight excluding hydrogens is 440 g/mol. The third kappa shape index (κ3) is 6.24. The van der Waals surface area contributed by atoms with Gasteiger partial charge in [-0.25, -0.2) is 9.59 Å². The lowest BCUT2D eigenvalue weighted by molar-refractivity contribution is 0.146. The summed E-state index contributed by atoms with van der Waals surface area (Å²) in [6.07, 6.45) is 10.0. The molecule has 2 heterocycles. The summed E-state index contributed by atoms with van der Waals surface area (Å²) in [5.41, 5.74) is 0.481. The predicted octanol–water partition coefficient (Wildman–Crippen LogP) is 3.81. The number of aromatic amines is 1. The van der Waals surface area contributed by atoms with Gasteiger partial charge in [0, 0.05) is 12.1 Å². The largest absolute Gasteiger partial charge is 0.450 e. The van der Waals surface area contributed by atoms with Crippen LogP contribution in [0.5, 0.6) is 6.01 Å². The molecule has 0 spiro atoms. The van der Waals surface area contributed by atoms with Gasteiger partial charge in [0.1, 0.15) is 5.39 Å². The van der Waals surface area contributed by atoms with E-state index in [4.69, 9.17) is 14.0 Å². The van der Waals surface area contributed by atoms with Crippen LogP contribution in [0.2, 0.25) is 0 Å². The molecule has 0 aliphatic heterocycles. The number of H-pyrrole nitrogens is 1. The Balaban J connectivity index is 1.41. The van der Waals surface area contributed by atoms with E-state index in [0.29, 0.717) is 55.6 Å². The molecule has 2 saturated carbocycles. The standard InChI is InChI=1S/C24H32N4O6/c1-2-32-24(31)25-17-10-12-18(13-11-17)28-34-23-26-21(30)20-16(14-19(29)33-22(20)27-23)9-8-15-6-4-3-5-7-15/h14-15,17H,2-13H2,1H3,(H,25,31)(H,26,27,30). The first-order valence-electron chi connectivity index (χ1n) is 12.2. The number of aryl methyl sites for hydroxylation is 1. The third-order valence-corrected chi connectivity index (χ3v) is 6.64. The van der Waals surface area contributed by atoms with E-state index in [1.165, 1.54) is 38.2 Å². The van der Waals surface area contributed by atoms with Crippen molar-refractivity contribution in [1.82, 2.24) is 15.3 Å². The van der Waals surface area contributed by atoms with Gasteiger partial charge in [0.2, 0.25) is 5.71 Å². The number of hydrogen-bond acceptors (Lipinski definition) is 8. The van der Waals surface area contributed by atoms with Crippen molar-refractivity contribution < 1.29 is 18.8 Å². The fourth-order valence-electron chi connectivity index (χ4n) is 4.84. The number of oxime groups is 1. The van der Waals surface area contributed by atoms with E-state index in [1.54, 1.807) is 6.92 Å². The Morgan fingerprint density at radius 2 is 1.97 bits per heavy atom. The molecule has 0 unspecified atom stereocenters. The molecule has 10 heteroatoms. The second-order valence-electron chi connectivity index (χ2n) is 9.07. The van der Waals surface area contributed by atoms with Crippen molar-refractivity contribution in [3.63, 3.8) is 0 Å². The molecule has 0 atom stereocenters. The summed E-state index contributed by atoms with van der Waals surface area (Å²) in [4.78, 5) is 48.6. The van der Waals surface area contributed by atoms with Crippen molar-refractivity contribution in [3.8, 4) is 6.01 Å². The van der Waals surface area contributed by atoms with Crippen LogP contribution in [-0.4, -0.2) is 34.4 Å². The first-order chi connectivity index (χ1) is 16.5. The molecule has 2 aliphatic rings. The van der Waals surface area contributed by atoms with Crippen LogP contribution in [0, 0.1) is 5.92 Å². The predicted molar refractivity (Wildman–Crippen MR) is 126 cm³/mol. The van der Waals surface area contributed by atoms with Gasteiger partial charge in [-0.1, -0.05) is 37.3 Å². The zero-order valence-corrected chi connectivity index (χ0v) is 19.6. The molecule has 2 N–H and O–H groups in total. The van der Waals surface area contributed by atoms with Crippen molar-refractivity contribution in [1.29, 1.82) is 0 Å². The highest BCUT2D eigenvalue weighted by Crippen LogP contribution is 2.28. The normalized spacial score (nSPS) is 19.1. The summed E-state index contributed by atoms with van der Waals surface area (Å²) >= 11 is 0. The van der Waals surface area contributed by atoms with Gasteiger partial charge in [-0.2, -0.15) is 4.98 Å². The molecule has 34 heavy (non-hydrogen) atoms. The van der Waals surface area contributed by atoms with Crippen molar-refractivity contribution >= 4 is 22.9 Å². The second-order valence-corrected chi connectivity index (χ2v) is 9.07. The molecule has 2 aromatic heterocycles. The van der Waals surface area contributed by atoms with Crippen LogP contribution in [0.1, 0.15) is 76.7 Å². The Hall–Kier alpha value is -3.17. The lowest BCUT2D eigenvalue weighted by Crippen LogP contribution is -2.38. The van der Waals surface area contributed by atoms with E-state index in [2.05, 4.69) is 20.4 Å². The maximum absolute atomic E-state index is 12.8. The molecule has 10 nitrogen and oxygen atoms in total. The smallest absolute Gasteiger partial charge is 0.407 e. The summed E-state index contributed by atoms with van der Waals surface area (Å²) in [6.45, 7) is 2.09. The lowest BCUT2D eigenvalue weighted by atomic mass is 9.85. The van der Waals surface area contributed by atoms with Gasteiger partial charge in [0.25, 0.3) is 5.56 Å². The van der Waals surface area contributed by atoms with Gasteiger partial charge in [-0.3, -0.25) is 9.78 Å². The van der Waals surface area contributed by atoms with E-state index in [1.807, 2.05) is 0 Å². The average Bonchev–Trinajstić information content (AvgIpc) is 2.82. The number of rotatable bonds is 7. The average molecular weight is 473 g/mol. The SMILES string of the molecule is CCOC(=O)NC1CCC(=NOc2nc3oc(=O)cc(CCC4CCCCC4)c3c(=O)[nH]2)CC1. The quantitative estimate of drug-likeness (QED) is 0.585. The second kappa shape index (κ2) is 11.3. The summed E-state index contributed by atoms with van der Waals surface area (Å²) in [6, 6.07) is 1.30. The number of fused-ring (bicyclic) bond motifs is 1. The van der Waals surface area contributed by atoms with Gasteiger partial charge < -0.3 is 19.3 Å². The van der Waals surface area contributed by atoms with Crippen molar-refractivity contribution in [2.75, 3.05) is 6.61 Å². The van der Waals surface area contributed by atoms with Crippen LogP contribution in [0.25, 0.3) is 11.1 Å². The number of nitrogens with zero attached hydrogens (tertiary/aromatic N) is 2. The fourth-order valence-corrected chi connectivity index (χ4v) is 4.84. The highest BCUT2D eigenvalue weighted by Gasteiger charge is 2.21. The molecule has 2 fully saturated rings. The van der Waals surface area contributed by atoms with Crippen LogP contribution < -0.4 is 21.3 Å². The van der Waals surface area contributed by atoms with E-state index in [-0.39, 0.29) is 17.8 Å². The fraction of sp³-hybridized carbons (Fsp3) is 0.625. The number of nitrogens with one attached hydrogen (secondary N) is 2. The maximum atomic E-state index is 12.8. The zero-order chi connectivity index (χ0) is 23.9. The number of hydrogen-bond donors (Lipinski definition) is 2. The number of carbonyl (C=O) groups is 1. The van der Waals surface area contributed by atoms with Gasteiger partial charge in [-0.15, -0.1) is 0 Å². The minimum atomic E-state index is -0.533. The van der Waals surface area contributed by atoms with Crippen LogP contribution in [0.15, 0.2) is 25.2 Å². The lowest BCUT2D eigenvalue weighted by Gasteiger charge is -2.23. The minimum Gasteiger partial charge on any atom is -0.450 e. The molecule has 0 saturated heterocycles. The summed E-state index contributed by atoms with van der Waals surface area (Å²) in [5, 5.41) is 7.23. The molecule has 2 aliphatic carbocycles. The molecule has 2 aromatic rings. The number of amides is 1. The minimum absolute atomic E-state index is 0.0258. The highest BCUT2D eigenvalue weighted by molar-refractivity contribution is 5.85. The molecule has 0 radical (unpaired) electrons. The Bertz CT molecular complexity index is 1140. The molecular formula is C24H32N4O6. The third-order valence-electron chi connectivity index (χ3n) is 6.64.